The van der Waals surface area contributed by atoms with E-state index in [1.165, 1.54) is 11.3 Å². The molecule has 4 rings (SSSR count). The minimum Gasteiger partial charge on any atom is -0.472 e. The van der Waals surface area contributed by atoms with Gasteiger partial charge in [0.1, 0.15) is 0 Å². The van der Waals surface area contributed by atoms with Crippen LogP contribution in [-0.4, -0.2) is 12.6 Å². The number of anilines is 3. The topological polar surface area (TPSA) is 57.5 Å². The van der Waals surface area contributed by atoms with E-state index in [9.17, 15) is 4.79 Å². The van der Waals surface area contributed by atoms with Gasteiger partial charge in [-0.3, -0.25) is 0 Å². The molecule has 126 valence electrons. The number of hydrogen-bond acceptors (Lipinski definition) is 3. The number of carbonyl (C=O) groups is 1. The third kappa shape index (κ3) is 3.35. The van der Waals surface area contributed by atoms with Crippen LogP contribution < -0.4 is 15.5 Å². The van der Waals surface area contributed by atoms with Gasteiger partial charge in [0, 0.05) is 35.7 Å². The lowest BCUT2D eigenvalue weighted by molar-refractivity contribution is 0.251. The standard InChI is InChI=1S/C20H19N3O2/c24-20(21-13-15-10-12-25-14-15)22-17-5-7-18(8-6-17)23-11-9-16-3-1-2-4-19(16)23/h1-8,10,12,14H,9,11,13H2,(H2,21,22,24). The number of para-hydroxylation sites is 1. The molecular weight excluding hydrogens is 314 g/mol. The van der Waals surface area contributed by atoms with E-state index in [-0.39, 0.29) is 6.03 Å². The molecule has 1 aliphatic heterocycles. The molecule has 2 aromatic carbocycles. The number of urea groups is 1. The summed E-state index contributed by atoms with van der Waals surface area (Å²) in [6.07, 6.45) is 4.26. The van der Waals surface area contributed by atoms with Gasteiger partial charge in [0.15, 0.2) is 0 Å². The number of furan rings is 1. The number of benzene rings is 2. The number of nitrogens with one attached hydrogen (secondary N) is 2. The first-order valence-electron chi connectivity index (χ1n) is 8.31. The van der Waals surface area contributed by atoms with Crippen LogP contribution in [0.3, 0.4) is 0 Å². The van der Waals surface area contributed by atoms with Gasteiger partial charge < -0.3 is 20.0 Å². The number of rotatable bonds is 4. The Balaban J connectivity index is 1.38. The molecule has 2 heterocycles. The predicted octanol–water partition coefficient (Wildman–Crippen LogP) is 4.30. The Bertz CT molecular complexity index is 857. The molecule has 0 saturated carbocycles. The third-order valence-corrected chi connectivity index (χ3v) is 4.36. The monoisotopic (exact) mass is 333 g/mol. The van der Waals surface area contributed by atoms with E-state index in [1.807, 2.05) is 30.3 Å². The minimum atomic E-state index is -0.236. The van der Waals surface area contributed by atoms with Crippen LogP contribution in [0, 0.1) is 0 Å². The van der Waals surface area contributed by atoms with E-state index in [0.717, 1.165) is 29.9 Å². The molecule has 5 heteroatoms. The first-order valence-corrected chi connectivity index (χ1v) is 8.31. The highest BCUT2D eigenvalue weighted by molar-refractivity contribution is 5.89. The molecule has 25 heavy (non-hydrogen) atoms. The Kier molecular flexibility index (Phi) is 4.12. The molecule has 0 spiro atoms. The van der Waals surface area contributed by atoms with E-state index in [1.54, 1.807) is 12.5 Å². The van der Waals surface area contributed by atoms with Crippen molar-refractivity contribution < 1.29 is 9.21 Å². The van der Waals surface area contributed by atoms with Crippen molar-refractivity contribution in [3.05, 3.63) is 78.3 Å². The summed E-state index contributed by atoms with van der Waals surface area (Å²) in [5.74, 6) is 0. The molecule has 1 aromatic heterocycles. The summed E-state index contributed by atoms with van der Waals surface area (Å²) in [6.45, 7) is 1.42. The van der Waals surface area contributed by atoms with Crippen LogP contribution in [0.5, 0.6) is 0 Å². The molecule has 2 amide bonds. The van der Waals surface area contributed by atoms with E-state index in [2.05, 4.69) is 39.8 Å². The highest BCUT2D eigenvalue weighted by Gasteiger charge is 2.19. The second-order valence-electron chi connectivity index (χ2n) is 6.02. The predicted molar refractivity (Wildman–Crippen MR) is 98.2 cm³/mol. The zero-order valence-corrected chi connectivity index (χ0v) is 13.7. The highest BCUT2D eigenvalue weighted by Crippen LogP contribution is 2.34. The maximum absolute atomic E-state index is 11.9. The van der Waals surface area contributed by atoms with Gasteiger partial charge in [-0.25, -0.2) is 4.79 Å². The van der Waals surface area contributed by atoms with Gasteiger partial charge in [0.25, 0.3) is 0 Å². The molecule has 0 aliphatic carbocycles. The lowest BCUT2D eigenvalue weighted by Gasteiger charge is -2.20. The Hall–Kier alpha value is -3.21. The van der Waals surface area contributed by atoms with Crippen molar-refractivity contribution in [1.82, 2.24) is 5.32 Å². The smallest absolute Gasteiger partial charge is 0.319 e. The summed E-state index contributed by atoms with van der Waals surface area (Å²) in [5, 5.41) is 5.64. The molecule has 3 aromatic rings. The molecule has 0 radical (unpaired) electrons. The number of nitrogens with zero attached hydrogens (tertiary/aromatic N) is 1. The first-order chi connectivity index (χ1) is 12.3. The highest BCUT2D eigenvalue weighted by atomic mass is 16.3. The zero-order valence-electron chi connectivity index (χ0n) is 13.7. The Morgan fingerprint density at radius 2 is 1.92 bits per heavy atom. The van der Waals surface area contributed by atoms with Crippen LogP contribution in [0.2, 0.25) is 0 Å². The summed E-state index contributed by atoms with van der Waals surface area (Å²) >= 11 is 0. The first kappa shape index (κ1) is 15.3. The van der Waals surface area contributed by atoms with E-state index >= 15 is 0 Å². The molecule has 2 N–H and O–H groups in total. The largest absolute Gasteiger partial charge is 0.472 e. The summed E-state index contributed by atoms with van der Waals surface area (Å²) in [5.41, 5.74) is 5.47. The number of fused-ring (bicyclic) bond motifs is 1. The Labute approximate surface area is 146 Å². The lowest BCUT2D eigenvalue weighted by atomic mass is 10.2. The van der Waals surface area contributed by atoms with E-state index in [0.29, 0.717) is 6.54 Å². The van der Waals surface area contributed by atoms with Crippen molar-refractivity contribution >= 4 is 23.1 Å². The average molecular weight is 333 g/mol. The summed E-state index contributed by atoms with van der Waals surface area (Å²) in [4.78, 5) is 14.3. The molecule has 0 unspecified atom stereocenters. The van der Waals surface area contributed by atoms with Crippen molar-refractivity contribution in [1.29, 1.82) is 0 Å². The molecule has 0 fully saturated rings. The van der Waals surface area contributed by atoms with Crippen LogP contribution in [0.1, 0.15) is 11.1 Å². The molecule has 0 saturated heterocycles. The van der Waals surface area contributed by atoms with Crippen molar-refractivity contribution in [2.24, 2.45) is 0 Å². The fourth-order valence-electron chi connectivity index (χ4n) is 3.08. The zero-order chi connectivity index (χ0) is 17.1. The van der Waals surface area contributed by atoms with Crippen molar-refractivity contribution in [3.63, 3.8) is 0 Å². The second-order valence-corrected chi connectivity index (χ2v) is 6.02. The molecular formula is C20H19N3O2. The van der Waals surface area contributed by atoms with E-state index < -0.39 is 0 Å². The normalized spacial score (nSPS) is 12.7. The third-order valence-electron chi connectivity index (χ3n) is 4.36. The Morgan fingerprint density at radius 3 is 2.72 bits per heavy atom. The van der Waals surface area contributed by atoms with Crippen LogP contribution in [0.4, 0.5) is 21.9 Å². The molecule has 0 atom stereocenters. The fourth-order valence-corrected chi connectivity index (χ4v) is 3.08. The van der Waals surface area contributed by atoms with Crippen molar-refractivity contribution in [2.75, 3.05) is 16.8 Å². The van der Waals surface area contributed by atoms with Crippen molar-refractivity contribution in [3.8, 4) is 0 Å². The van der Waals surface area contributed by atoms with Crippen LogP contribution >= 0.6 is 0 Å². The van der Waals surface area contributed by atoms with Gasteiger partial charge in [-0.1, -0.05) is 18.2 Å². The van der Waals surface area contributed by atoms with Crippen LogP contribution in [0.25, 0.3) is 0 Å². The maximum atomic E-state index is 11.9. The molecule has 5 nitrogen and oxygen atoms in total. The average Bonchev–Trinajstić information content (AvgIpc) is 3.30. The number of amides is 2. The fraction of sp³-hybridized carbons (Fsp3) is 0.150. The summed E-state index contributed by atoms with van der Waals surface area (Å²) in [6, 6.07) is 18.0. The van der Waals surface area contributed by atoms with Gasteiger partial charge in [0.2, 0.25) is 0 Å². The van der Waals surface area contributed by atoms with Gasteiger partial charge in [-0.2, -0.15) is 0 Å². The quantitative estimate of drug-likeness (QED) is 0.748. The summed E-state index contributed by atoms with van der Waals surface area (Å²) < 4.78 is 4.98. The number of carbonyl (C=O) groups excluding carboxylic acids is 1. The maximum Gasteiger partial charge on any atom is 0.319 e. The molecule has 0 bridgehead atoms. The van der Waals surface area contributed by atoms with Crippen LogP contribution in [0.15, 0.2) is 71.5 Å². The second kappa shape index (κ2) is 6.73. The van der Waals surface area contributed by atoms with Gasteiger partial charge in [-0.05, 0) is 48.4 Å². The van der Waals surface area contributed by atoms with Crippen LogP contribution in [-0.2, 0) is 13.0 Å². The van der Waals surface area contributed by atoms with Gasteiger partial charge >= 0.3 is 6.03 Å². The summed E-state index contributed by atoms with van der Waals surface area (Å²) in [7, 11) is 0. The lowest BCUT2D eigenvalue weighted by Crippen LogP contribution is -2.28. The van der Waals surface area contributed by atoms with Crippen molar-refractivity contribution in [2.45, 2.75) is 13.0 Å². The SMILES string of the molecule is O=C(NCc1ccoc1)Nc1ccc(N2CCc3ccccc32)cc1. The molecule has 1 aliphatic rings. The minimum absolute atomic E-state index is 0.236. The number of hydrogen-bond donors (Lipinski definition) is 2. The Morgan fingerprint density at radius 1 is 1.08 bits per heavy atom. The van der Waals surface area contributed by atoms with Gasteiger partial charge in [-0.15, -0.1) is 0 Å². The van der Waals surface area contributed by atoms with E-state index in [4.69, 9.17) is 4.42 Å². The van der Waals surface area contributed by atoms with Gasteiger partial charge in [0.05, 0.1) is 12.5 Å².